The molecule has 2 unspecified atom stereocenters. The van der Waals surface area contributed by atoms with E-state index in [4.69, 9.17) is 11.6 Å². The molecule has 0 radical (unpaired) electrons. The summed E-state index contributed by atoms with van der Waals surface area (Å²) in [6.45, 7) is 8.20. The predicted molar refractivity (Wildman–Crippen MR) is 85.8 cm³/mol. The lowest BCUT2D eigenvalue weighted by molar-refractivity contribution is 0.403. The molecule has 2 atom stereocenters. The summed E-state index contributed by atoms with van der Waals surface area (Å²) in [5.74, 6) is 1.51. The molecule has 5 nitrogen and oxygen atoms in total. The molecule has 1 aromatic carbocycles. The quantitative estimate of drug-likeness (QED) is 0.895. The maximum absolute atomic E-state index is 6.11. The van der Waals surface area contributed by atoms with Crippen molar-refractivity contribution in [2.24, 2.45) is 0 Å². The van der Waals surface area contributed by atoms with Crippen molar-refractivity contribution in [3.05, 3.63) is 28.8 Å². The fourth-order valence-electron chi connectivity index (χ4n) is 2.89. The molecule has 1 aromatic heterocycles. The molecule has 0 spiro atoms. The Kier molecular flexibility index (Phi) is 3.87. The summed E-state index contributed by atoms with van der Waals surface area (Å²) in [6.07, 6.45) is 0. The molecule has 1 saturated heterocycles. The third-order valence-electron chi connectivity index (χ3n) is 3.63. The van der Waals surface area contributed by atoms with Gasteiger partial charge in [0.05, 0.1) is 0 Å². The minimum atomic E-state index is 0.434. The Hall–Kier alpha value is -1.59. The van der Waals surface area contributed by atoms with Gasteiger partial charge in [-0.25, -0.2) is 0 Å². The molecule has 1 aliphatic rings. The van der Waals surface area contributed by atoms with Gasteiger partial charge in [-0.2, -0.15) is 4.98 Å². The Morgan fingerprint density at radius 2 is 1.90 bits per heavy atom. The SMILES string of the molecule is Cc1cc(Cl)cc(-c2nc(N3CC(C)NC(C)C3)n[nH]2)c1. The van der Waals surface area contributed by atoms with Crippen LogP contribution in [0.25, 0.3) is 11.4 Å². The van der Waals surface area contributed by atoms with Gasteiger partial charge in [-0.1, -0.05) is 11.6 Å². The predicted octanol–water partition coefficient (Wildman–Crippen LogP) is 2.62. The minimum Gasteiger partial charge on any atom is -0.336 e. The first-order chi connectivity index (χ1) is 10.0. The van der Waals surface area contributed by atoms with Gasteiger partial charge in [0.1, 0.15) is 0 Å². The van der Waals surface area contributed by atoms with E-state index in [1.54, 1.807) is 0 Å². The van der Waals surface area contributed by atoms with Crippen molar-refractivity contribution >= 4 is 17.5 Å². The van der Waals surface area contributed by atoms with Crippen LogP contribution in [0.15, 0.2) is 18.2 Å². The van der Waals surface area contributed by atoms with Crippen LogP contribution >= 0.6 is 11.6 Å². The molecular formula is C15H20ClN5. The van der Waals surface area contributed by atoms with Crippen LogP contribution in [0.1, 0.15) is 19.4 Å². The van der Waals surface area contributed by atoms with Gasteiger partial charge in [0.2, 0.25) is 5.95 Å². The number of piperazine rings is 1. The van der Waals surface area contributed by atoms with Crippen molar-refractivity contribution in [2.75, 3.05) is 18.0 Å². The number of benzene rings is 1. The molecule has 2 N–H and O–H groups in total. The van der Waals surface area contributed by atoms with E-state index in [0.717, 1.165) is 36.0 Å². The van der Waals surface area contributed by atoms with Crippen LogP contribution in [0.4, 0.5) is 5.95 Å². The fourth-order valence-corrected chi connectivity index (χ4v) is 3.18. The first kappa shape index (κ1) is 14.4. The summed E-state index contributed by atoms with van der Waals surface area (Å²) in [7, 11) is 0. The Labute approximate surface area is 129 Å². The number of hydrogen-bond acceptors (Lipinski definition) is 4. The minimum absolute atomic E-state index is 0.434. The zero-order valence-electron chi connectivity index (χ0n) is 12.5. The van der Waals surface area contributed by atoms with Crippen molar-refractivity contribution in [3.63, 3.8) is 0 Å². The second-order valence-corrected chi connectivity index (χ2v) is 6.31. The molecule has 2 aromatic rings. The highest BCUT2D eigenvalue weighted by Gasteiger charge is 2.23. The normalized spacial score (nSPS) is 22.6. The van der Waals surface area contributed by atoms with Crippen LogP contribution in [-0.4, -0.2) is 40.4 Å². The van der Waals surface area contributed by atoms with Crippen molar-refractivity contribution < 1.29 is 0 Å². The fraction of sp³-hybridized carbons (Fsp3) is 0.467. The van der Waals surface area contributed by atoms with E-state index >= 15 is 0 Å². The average molecular weight is 306 g/mol. The van der Waals surface area contributed by atoms with E-state index in [2.05, 4.69) is 45.3 Å². The van der Waals surface area contributed by atoms with Crippen LogP contribution in [0.2, 0.25) is 5.02 Å². The van der Waals surface area contributed by atoms with E-state index in [1.807, 2.05) is 19.1 Å². The highest BCUT2D eigenvalue weighted by atomic mass is 35.5. The van der Waals surface area contributed by atoms with E-state index in [0.29, 0.717) is 17.1 Å². The number of H-pyrrole nitrogens is 1. The zero-order valence-corrected chi connectivity index (χ0v) is 13.3. The summed E-state index contributed by atoms with van der Waals surface area (Å²) in [5.41, 5.74) is 2.08. The van der Waals surface area contributed by atoms with Crippen LogP contribution in [0.3, 0.4) is 0 Å². The number of nitrogens with zero attached hydrogens (tertiary/aromatic N) is 3. The van der Waals surface area contributed by atoms with Gasteiger partial charge in [-0.05, 0) is 44.5 Å². The lowest BCUT2D eigenvalue weighted by Crippen LogP contribution is -2.54. The van der Waals surface area contributed by atoms with Crippen molar-refractivity contribution in [1.82, 2.24) is 20.5 Å². The first-order valence-electron chi connectivity index (χ1n) is 7.22. The molecule has 0 saturated carbocycles. The lowest BCUT2D eigenvalue weighted by atomic mass is 10.1. The summed E-state index contributed by atoms with van der Waals surface area (Å²) >= 11 is 6.11. The Morgan fingerprint density at radius 1 is 1.19 bits per heavy atom. The van der Waals surface area contributed by atoms with Gasteiger partial charge in [0.15, 0.2) is 5.82 Å². The highest BCUT2D eigenvalue weighted by Crippen LogP contribution is 2.23. The molecular weight excluding hydrogens is 286 g/mol. The monoisotopic (exact) mass is 305 g/mol. The molecule has 0 aliphatic carbocycles. The van der Waals surface area contributed by atoms with E-state index in [9.17, 15) is 0 Å². The molecule has 3 rings (SSSR count). The smallest absolute Gasteiger partial charge is 0.245 e. The summed E-state index contributed by atoms with van der Waals surface area (Å²) in [5, 5.41) is 11.6. The molecule has 21 heavy (non-hydrogen) atoms. The third-order valence-corrected chi connectivity index (χ3v) is 3.85. The lowest BCUT2D eigenvalue weighted by Gasteiger charge is -2.35. The summed E-state index contributed by atoms with van der Waals surface area (Å²) in [6, 6.07) is 6.76. The van der Waals surface area contributed by atoms with E-state index in [-0.39, 0.29) is 0 Å². The number of aromatic nitrogens is 3. The molecule has 1 fully saturated rings. The second-order valence-electron chi connectivity index (χ2n) is 5.88. The van der Waals surface area contributed by atoms with Gasteiger partial charge in [0, 0.05) is 35.8 Å². The van der Waals surface area contributed by atoms with Crippen molar-refractivity contribution in [3.8, 4) is 11.4 Å². The van der Waals surface area contributed by atoms with Crippen LogP contribution in [0.5, 0.6) is 0 Å². The van der Waals surface area contributed by atoms with E-state index in [1.165, 1.54) is 0 Å². The Morgan fingerprint density at radius 3 is 2.57 bits per heavy atom. The molecule has 1 aliphatic heterocycles. The number of anilines is 1. The average Bonchev–Trinajstić information content (AvgIpc) is 2.85. The van der Waals surface area contributed by atoms with Gasteiger partial charge in [-0.3, -0.25) is 5.10 Å². The van der Waals surface area contributed by atoms with Crippen LogP contribution in [0, 0.1) is 6.92 Å². The molecule has 112 valence electrons. The number of rotatable bonds is 2. The second kappa shape index (κ2) is 5.66. The van der Waals surface area contributed by atoms with Gasteiger partial charge < -0.3 is 10.2 Å². The maximum Gasteiger partial charge on any atom is 0.245 e. The highest BCUT2D eigenvalue weighted by molar-refractivity contribution is 6.30. The maximum atomic E-state index is 6.11. The first-order valence-corrected chi connectivity index (χ1v) is 7.60. The van der Waals surface area contributed by atoms with Gasteiger partial charge in [-0.15, -0.1) is 5.10 Å². The Bertz CT molecular complexity index is 608. The summed E-state index contributed by atoms with van der Waals surface area (Å²) < 4.78 is 0. The molecule has 2 heterocycles. The largest absolute Gasteiger partial charge is 0.336 e. The number of nitrogens with one attached hydrogen (secondary N) is 2. The molecule has 0 bridgehead atoms. The number of aromatic amines is 1. The van der Waals surface area contributed by atoms with Gasteiger partial charge in [0.25, 0.3) is 0 Å². The summed E-state index contributed by atoms with van der Waals surface area (Å²) in [4.78, 5) is 6.84. The van der Waals surface area contributed by atoms with Crippen LogP contribution < -0.4 is 10.2 Å². The standard InChI is InChI=1S/C15H20ClN5/c1-9-4-12(6-13(16)5-9)14-18-15(20-19-14)21-7-10(2)17-11(3)8-21/h4-6,10-11,17H,7-8H2,1-3H3,(H,18,19,20). The van der Waals surface area contributed by atoms with Crippen molar-refractivity contribution in [2.45, 2.75) is 32.9 Å². The number of halogens is 1. The number of aryl methyl sites for hydroxylation is 1. The Balaban J connectivity index is 1.86. The van der Waals surface area contributed by atoms with E-state index < -0.39 is 0 Å². The zero-order chi connectivity index (χ0) is 15.0. The third kappa shape index (κ3) is 3.19. The van der Waals surface area contributed by atoms with Crippen molar-refractivity contribution in [1.29, 1.82) is 0 Å². The number of hydrogen-bond donors (Lipinski definition) is 2. The van der Waals surface area contributed by atoms with Gasteiger partial charge >= 0.3 is 0 Å². The molecule has 6 heteroatoms. The topological polar surface area (TPSA) is 56.8 Å². The molecule has 0 amide bonds. The van der Waals surface area contributed by atoms with Crippen LogP contribution in [-0.2, 0) is 0 Å².